The average molecular weight is 366 g/mol. The Kier molecular flexibility index (Phi) is 4.03. The minimum atomic E-state index is -0.670. The van der Waals surface area contributed by atoms with E-state index in [1.807, 2.05) is 54.6 Å². The monoisotopic (exact) mass is 366 g/mol. The number of aliphatic hydroxyl groups is 1. The van der Waals surface area contributed by atoms with Crippen LogP contribution in [0.25, 0.3) is 6.08 Å². The third-order valence-electron chi connectivity index (χ3n) is 6.36. The van der Waals surface area contributed by atoms with E-state index in [1.54, 1.807) is 0 Å². The number of rotatable bonds is 4. The first-order valence-electron chi connectivity index (χ1n) is 9.80. The van der Waals surface area contributed by atoms with Crippen molar-refractivity contribution in [3.05, 3.63) is 112 Å². The molecule has 0 saturated heterocycles. The van der Waals surface area contributed by atoms with Gasteiger partial charge in [-0.25, -0.2) is 0 Å². The predicted octanol–water partition coefficient (Wildman–Crippen LogP) is 5.18. The SMILES string of the molecule is O=C(CC1(C2=Cc3ccccc3C2)Cc2ccccc2C1O)c1ccccc1. The van der Waals surface area contributed by atoms with Gasteiger partial charge in [0.05, 0.1) is 6.10 Å². The molecule has 0 fully saturated rings. The summed E-state index contributed by atoms with van der Waals surface area (Å²) in [5, 5.41) is 11.4. The fourth-order valence-corrected chi connectivity index (χ4v) is 4.87. The second-order valence-electron chi connectivity index (χ2n) is 7.95. The van der Waals surface area contributed by atoms with Crippen molar-refractivity contribution in [2.24, 2.45) is 5.41 Å². The molecule has 2 aliphatic carbocycles. The zero-order valence-corrected chi connectivity index (χ0v) is 15.6. The summed E-state index contributed by atoms with van der Waals surface area (Å²) in [6.07, 6.45) is 3.33. The predicted molar refractivity (Wildman–Crippen MR) is 111 cm³/mol. The summed E-state index contributed by atoms with van der Waals surface area (Å²) in [4.78, 5) is 13.2. The topological polar surface area (TPSA) is 37.3 Å². The summed E-state index contributed by atoms with van der Waals surface area (Å²) >= 11 is 0. The highest BCUT2D eigenvalue weighted by Gasteiger charge is 2.49. The van der Waals surface area contributed by atoms with E-state index in [4.69, 9.17) is 0 Å². The van der Waals surface area contributed by atoms with Gasteiger partial charge < -0.3 is 5.11 Å². The molecule has 3 aromatic carbocycles. The van der Waals surface area contributed by atoms with Crippen molar-refractivity contribution >= 4 is 11.9 Å². The van der Waals surface area contributed by atoms with Gasteiger partial charge in [0.1, 0.15) is 0 Å². The number of hydrogen-bond acceptors (Lipinski definition) is 2. The van der Waals surface area contributed by atoms with Crippen molar-refractivity contribution in [3.63, 3.8) is 0 Å². The van der Waals surface area contributed by atoms with E-state index in [9.17, 15) is 9.90 Å². The Morgan fingerprint density at radius 2 is 1.57 bits per heavy atom. The molecule has 0 spiro atoms. The highest BCUT2D eigenvalue weighted by molar-refractivity contribution is 5.97. The van der Waals surface area contributed by atoms with Crippen molar-refractivity contribution in [1.29, 1.82) is 0 Å². The van der Waals surface area contributed by atoms with Crippen molar-refractivity contribution in [3.8, 4) is 0 Å². The number of benzene rings is 3. The molecule has 2 atom stereocenters. The molecule has 0 amide bonds. The summed E-state index contributed by atoms with van der Waals surface area (Å²) in [5.74, 6) is 0.0873. The van der Waals surface area contributed by atoms with E-state index < -0.39 is 11.5 Å². The molecule has 5 rings (SSSR count). The highest BCUT2D eigenvalue weighted by atomic mass is 16.3. The molecule has 0 aliphatic heterocycles. The third-order valence-corrected chi connectivity index (χ3v) is 6.36. The third kappa shape index (κ3) is 2.64. The molecule has 2 heteroatoms. The van der Waals surface area contributed by atoms with Gasteiger partial charge in [0, 0.05) is 17.4 Å². The first kappa shape index (κ1) is 17.2. The Labute approximate surface area is 165 Å². The average Bonchev–Trinajstić information content (AvgIpc) is 3.29. The van der Waals surface area contributed by atoms with Crippen LogP contribution < -0.4 is 0 Å². The van der Waals surface area contributed by atoms with Crippen LogP contribution in [0.5, 0.6) is 0 Å². The number of fused-ring (bicyclic) bond motifs is 2. The van der Waals surface area contributed by atoms with Crippen LogP contribution >= 0.6 is 0 Å². The molecule has 2 aliphatic rings. The maximum Gasteiger partial charge on any atom is 0.163 e. The number of Topliss-reactive ketones (excluding diaryl/α,β-unsaturated/α-hetero) is 1. The molecule has 1 N–H and O–H groups in total. The molecule has 2 nitrogen and oxygen atoms in total. The molecule has 28 heavy (non-hydrogen) atoms. The Bertz CT molecular complexity index is 1080. The molecule has 0 heterocycles. The zero-order valence-electron chi connectivity index (χ0n) is 15.6. The normalized spacial score (nSPS) is 22.5. The summed E-state index contributed by atoms with van der Waals surface area (Å²) in [7, 11) is 0. The van der Waals surface area contributed by atoms with Crippen molar-refractivity contribution in [1.82, 2.24) is 0 Å². The highest BCUT2D eigenvalue weighted by Crippen LogP contribution is 2.55. The fraction of sp³-hybridized carbons (Fsp3) is 0.192. The quantitative estimate of drug-likeness (QED) is 0.647. The van der Waals surface area contributed by atoms with E-state index in [2.05, 4.69) is 30.3 Å². The van der Waals surface area contributed by atoms with Gasteiger partial charge >= 0.3 is 0 Å². The van der Waals surface area contributed by atoms with E-state index in [-0.39, 0.29) is 5.78 Å². The van der Waals surface area contributed by atoms with Gasteiger partial charge in [-0.2, -0.15) is 0 Å². The Morgan fingerprint density at radius 1 is 0.893 bits per heavy atom. The molecule has 3 aromatic rings. The van der Waals surface area contributed by atoms with Crippen LogP contribution in [0.15, 0.2) is 84.4 Å². The van der Waals surface area contributed by atoms with E-state index in [0.717, 1.165) is 17.5 Å². The summed E-state index contributed by atoms with van der Waals surface area (Å²) in [5.41, 5.74) is 5.87. The van der Waals surface area contributed by atoms with Crippen LogP contribution in [0.4, 0.5) is 0 Å². The standard InChI is InChI=1S/C26H22O2/c27-24(18-8-2-1-3-9-18)17-26(16-21-12-6-7-13-23(21)25(26)28)22-14-19-10-4-5-11-20(19)15-22/h1-14,25,28H,15-17H2. The minimum absolute atomic E-state index is 0.0873. The van der Waals surface area contributed by atoms with Gasteiger partial charge in [0.2, 0.25) is 0 Å². The number of hydrogen-bond donors (Lipinski definition) is 1. The van der Waals surface area contributed by atoms with Crippen LogP contribution in [-0.4, -0.2) is 10.9 Å². The zero-order chi connectivity index (χ0) is 19.1. The van der Waals surface area contributed by atoms with Gasteiger partial charge in [0.25, 0.3) is 0 Å². The summed E-state index contributed by atoms with van der Waals surface area (Å²) in [6, 6.07) is 25.8. The van der Waals surface area contributed by atoms with E-state index in [1.165, 1.54) is 16.7 Å². The van der Waals surface area contributed by atoms with Gasteiger partial charge in [-0.3, -0.25) is 4.79 Å². The lowest BCUT2D eigenvalue weighted by Gasteiger charge is -2.34. The molecular weight excluding hydrogens is 344 g/mol. The van der Waals surface area contributed by atoms with E-state index >= 15 is 0 Å². The van der Waals surface area contributed by atoms with Crippen LogP contribution in [0.2, 0.25) is 0 Å². The van der Waals surface area contributed by atoms with Crippen molar-refractivity contribution in [2.75, 3.05) is 0 Å². The second kappa shape index (κ2) is 6.57. The summed E-state index contributed by atoms with van der Waals surface area (Å²) < 4.78 is 0. The molecule has 0 aromatic heterocycles. The van der Waals surface area contributed by atoms with Crippen molar-refractivity contribution in [2.45, 2.75) is 25.4 Å². The molecule has 0 radical (unpaired) electrons. The van der Waals surface area contributed by atoms with Crippen molar-refractivity contribution < 1.29 is 9.90 Å². The van der Waals surface area contributed by atoms with Crippen LogP contribution in [0.1, 0.15) is 45.1 Å². The molecule has 0 saturated carbocycles. The second-order valence-corrected chi connectivity index (χ2v) is 7.95. The summed E-state index contributed by atoms with van der Waals surface area (Å²) in [6.45, 7) is 0. The molecular formula is C26H22O2. The Balaban J connectivity index is 1.58. The van der Waals surface area contributed by atoms with Gasteiger partial charge in [-0.15, -0.1) is 0 Å². The van der Waals surface area contributed by atoms with Gasteiger partial charge in [0.15, 0.2) is 5.78 Å². The smallest absolute Gasteiger partial charge is 0.163 e. The first-order valence-corrected chi connectivity index (χ1v) is 9.80. The Morgan fingerprint density at radius 3 is 2.32 bits per heavy atom. The van der Waals surface area contributed by atoms with Crippen LogP contribution in [0.3, 0.4) is 0 Å². The maximum atomic E-state index is 13.2. The number of aliphatic hydroxyl groups excluding tert-OH is 1. The first-order chi connectivity index (χ1) is 13.7. The van der Waals surface area contributed by atoms with Gasteiger partial charge in [-0.05, 0) is 35.1 Å². The minimum Gasteiger partial charge on any atom is -0.387 e. The molecule has 0 bridgehead atoms. The number of carbonyl (C=O) groups excluding carboxylic acids is 1. The number of ketones is 1. The lowest BCUT2D eigenvalue weighted by Crippen LogP contribution is -2.32. The van der Waals surface area contributed by atoms with Crippen LogP contribution in [0, 0.1) is 5.41 Å². The fourth-order valence-electron chi connectivity index (χ4n) is 4.87. The van der Waals surface area contributed by atoms with E-state index in [0.29, 0.717) is 18.4 Å². The van der Waals surface area contributed by atoms with Crippen LogP contribution in [-0.2, 0) is 12.8 Å². The van der Waals surface area contributed by atoms with Gasteiger partial charge in [-0.1, -0.05) is 90.5 Å². The molecule has 2 unspecified atom stereocenters. The number of carbonyl (C=O) groups is 1. The lowest BCUT2D eigenvalue weighted by atomic mass is 9.70. The largest absolute Gasteiger partial charge is 0.387 e. The lowest BCUT2D eigenvalue weighted by molar-refractivity contribution is 0.0518. The Hall–Kier alpha value is -2.97. The maximum absolute atomic E-state index is 13.2. The molecule has 138 valence electrons.